The van der Waals surface area contributed by atoms with Gasteiger partial charge >= 0.3 is 5.97 Å². The largest absolute Gasteiger partial charge is 0.484 e. The van der Waals surface area contributed by atoms with Gasteiger partial charge in [0.2, 0.25) is 5.88 Å². The van der Waals surface area contributed by atoms with Gasteiger partial charge in [0, 0.05) is 31.4 Å². The standard InChI is InChI=1S/C34H33F2N7O4/c1-21(2)43-20-38-16-25(43)17-42-29-14-23(34(44)45)13-28(36)33(29)40-31(42)18-41-10-8-26(9-11-41)47-32-5-3-4-24(39-32)19-46-30-7-6-22(15-37)12-27(30)35/h3-7,12-14,16,20-21,26H,8-11,17-19H2,1-2H3,(H,44,45). The number of hydrogen-bond acceptors (Lipinski definition) is 8. The highest BCUT2D eigenvalue weighted by Gasteiger charge is 2.25. The number of nitrogens with zero attached hydrogens (tertiary/aromatic N) is 7. The van der Waals surface area contributed by atoms with E-state index >= 15 is 4.39 Å². The molecule has 0 unspecified atom stereocenters. The number of likely N-dealkylation sites (tertiary alicyclic amines) is 1. The summed E-state index contributed by atoms with van der Waals surface area (Å²) in [6, 6.07) is 13.9. The first kappa shape index (κ1) is 31.6. The molecule has 0 radical (unpaired) electrons. The molecule has 1 saturated heterocycles. The Hall–Kier alpha value is -5.35. The van der Waals surface area contributed by atoms with E-state index in [4.69, 9.17) is 14.7 Å². The lowest BCUT2D eigenvalue weighted by molar-refractivity contribution is 0.0696. The fraction of sp³-hybridized carbons (Fsp3) is 0.324. The van der Waals surface area contributed by atoms with Crippen LogP contribution in [0.3, 0.4) is 0 Å². The summed E-state index contributed by atoms with van der Waals surface area (Å²) >= 11 is 0. The fourth-order valence-corrected chi connectivity index (χ4v) is 5.73. The minimum atomic E-state index is -1.21. The van der Waals surface area contributed by atoms with Gasteiger partial charge in [-0.1, -0.05) is 6.07 Å². The third-order valence-corrected chi connectivity index (χ3v) is 8.16. The predicted molar refractivity (Wildman–Crippen MR) is 167 cm³/mol. The number of rotatable bonds is 11. The molecule has 4 heterocycles. The van der Waals surface area contributed by atoms with E-state index in [1.807, 2.05) is 29.1 Å². The lowest BCUT2D eigenvalue weighted by atomic mass is 10.1. The van der Waals surface area contributed by atoms with Crippen molar-refractivity contribution in [2.75, 3.05) is 13.1 Å². The van der Waals surface area contributed by atoms with Gasteiger partial charge in [-0.2, -0.15) is 5.26 Å². The van der Waals surface area contributed by atoms with Crippen LogP contribution in [0, 0.1) is 23.0 Å². The number of ether oxygens (including phenoxy) is 2. The number of aromatic nitrogens is 5. The third-order valence-electron chi connectivity index (χ3n) is 8.16. The van der Waals surface area contributed by atoms with Crippen LogP contribution in [-0.4, -0.2) is 59.3 Å². The van der Waals surface area contributed by atoms with Gasteiger partial charge in [-0.25, -0.2) is 28.5 Å². The summed E-state index contributed by atoms with van der Waals surface area (Å²) in [5.74, 6) is -1.39. The van der Waals surface area contributed by atoms with Gasteiger partial charge in [-0.15, -0.1) is 0 Å². The smallest absolute Gasteiger partial charge is 0.335 e. The zero-order chi connectivity index (χ0) is 33.1. The van der Waals surface area contributed by atoms with Crippen molar-refractivity contribution in [2.45, 2.75) is 58.5 Å². The Morgan fingerprint density at radius 1 is 1.09 bits per heavy atom. The van der Waals surface area contributed by atoms with Crippen LogP contribution in [0.4, 0.5) is 8.78 Å². The zero-order valence-electron chi connectivity index (χ0n) is 25.9. The average Bonchev–Trinajstić information content (AvgIpc) is 3.67. The average molecular weight is 642 g/mol. The van der Waals surface area contributed by atoms with E-state index in [0.29, 0.717) is 49.1 Å². The topological polar surface area (TPSA) is 131 Å². The van der Waals surface area contributed by atoms with Crippen molar-refractivity contribution in [3.8, 4) is 17.7 Å². The van der Waals surface area contributed by atoms with Crippen molar-refractivity contribution in [1.29, 1.82) is 5.26 Å². The monoisotopic (exact) mass is 641 g/mol. The van der Waals surface area contributed by atoms with E-state index in [-0.39, 0.29) is 41.1 Å². The van der Waals surface area contributed by atoms with Crippen LogP contribution in [0.1, 0.15) is 65.9 Å². The lowest BCUT2D eigenvalue weighted by Gasteiger charge is -2.31. The summed E-state index contributed by atoms with van der Waals surface area (Å²) < 4.78 is 45.0. The highest BCUT2D eigenvalue weighted by Crippen LogP contribution is 2.26. The molecular weight excluding hydrogens is 608 g/mol. The van der Waals surface area contributed by atoms with E-state index in [1.165, 1.54) is 18.2 Å². The summed E-state index contributed by atoms with van der Waals surface area (Å²) in [4.78, 5) is 27.4. The predicted octanol–water partition coefficient (Wildman–Crippen LogP) is 5.73. The Morgan fingerprint density at radius 2 is 1.89 bits per heavy atom. The summed E-state index contributed by atoms with van der Waals surface area (Å²) in [6.07, 6.45) is 4.87. The first-order valence-electron chi connectivity index (χ1n) is 15.3. The lowest BCUT2D eigenvalue weighted by Crippen LogP contribution is -2.38. The van der Waals surface area contributed by atoms with Crippen LogP contribution < -0.4 is 9.47 Å². The number of carboxylic acids is 1. The molecule has 11 nitrogen and oxygen atoms in total. The normalized spacial score (nSPS) is 14.0. The number of carboxylic acid groups (broad SMARTS) is 1. The number of carbonyl (C=O) groups is 1. The fourth-order valence-electron chi connectivity index (χ4n) is 5.73. The summed E-state index contributed by atoms with van der Waals surface area (Å²) in [6.45, 7) is 6.32. The minimum Gasteiger partial charge on any atom is -0.484 e. The number of imidazole rings is 2. The van der Waals surface area contributed by atoms with Crippen LogP contribution in [-0.2, 0) is 19.7 Å². The second-order valence-corrected chi connectivity index (χ2v) is 11.7. The summed E-state index contributed by atoms with van der Waals surface area (Å²) in [7, 11) is 0. The maximum atomic E-state index is 15.1. The van der Waals surface area contributed by atoms with Gasteiger partial charge in [0.05, 0.1) is 53.5 Å². The van der Waals surface area contributed by atoms with Crippen molar-refractivity contribution in [3.63, 3.8) is 0 Å². The molecule has 0 aliphatic carbocycles. The van der Waals surface area contributed by atoms with Gasteiger partial charge in [-0.05, 0) is 63.1 Å². The molecular formula is C34H33F2N7O4. The Morgan fingerprint density at radius 3 is 2.62 bits per heavy atom. The number of piperidine rings is 1. The summed E-state index contributed by atoms with van der Waals surface area (Å²) in [5, 5.41) is 18.5. The molecule has 1 aliphatic rings. The minimum absolute atomic E-state index is 0.0337. The highest BCUT2D eigenvalue weighted by atomic mass is 19.1. The second kappa shape index (κ2) is 13.6. The van der Waals surface area contributed by atoms with Gasteiger partial charge in [-0.3, -0.25) is 4.90 Å². The molecule has 3 aromatic heterocycles. The first-order chi connectivity index (χ1) is 22.7. The molecule has 242 valence electrons. The van der Waals surface area contributed by atoms with Crippen LogP contribution in [0.2, 0.25) is 0 Å². The van der Waals surface area contributed by atoms with Crippen molar-refractivity contribution < 1.29 is 28.2 Å². The molecule has 2 aromatic carbocycles. The number of hydrogen-bond donors (Lipinski definition) is 1. The molecule has 0 bridgehead atoms. The summed E-state index contributed by atoms with van der Waals surface area (Å²) in [5.41, 5.74) is 2.10. The molecule has 0 spiro atoms. The maximum Gasteiger partial charge on any atom is 0.335 e. The second-order valence-electron chi connectivity index (χ2n) is 11.7. The molecule has 5 aromatic rings. The first-order valence-corrected chi connectivity index (χ1v) is 15.3. The number of fused-ring (bicyclic) bond motifs is 1. The maximum absolute atomic E-state index is 15.1. The van der Waals surface area contributed by atoms with Gasteiger partial charge in [0.25, 0.3) is 0 Å². The quantitative estimate of drug-likeness (QED) is 0.192. The van der Waals surface area contributed by atoms with Crippen molar-refractivity contribution >= 4 is 17.0 Å². The van der Waals surface area contributed by atoms with Gasteiger partial charge < -0.3 is 23.7 Å². The van der Waals surface area contributed by atoms with Gasteiger partial charge in [0.1, 0.15) is 24.1 Å². The zero-order valence-corrected chi connectivity index (χ0v) is 25.9. The van der Waals surface area contributed by atoms with E-state index in [2.05, 4.69) is 19.9 Å². The molecule has 47 heavy (non-hydrogen) atoms. The van der Waals surface area contributed by atoms with Crippen molar-refractivity contribution in [1.82, 2.24) is 29.0 Å². The molecule has 1 fully saturated rings. The number of pyridine rings is 1. The van der Waals surface area contributed by atoms with E-state index in [9.17, 15) is 14.3 Å². The number of nitriles is 1. The SMILES string of the molecule is CC(C)n1cncc1Cn1c(CN2CCC(Oc3cccc(COc4ccc(C#N)cc4F)n3)CC2)nc2c(F)cc(C(=O)O)cc21. The van der Waals surface area contributed by atoms with E-state index in [1.54, 1.807) is 30.7 Å². The highest BCUT2D eigenvalue weighted by molar-refractivity contribution is 5.92. The number of aromatic carboxylic acids is 1. The molecule has 6 rings (SSSR count). The molecule has 13 heteroatoms. The Bertz CT molecular complexity index is 1960. The van der Waals surface area contributed by atoms with Gasteiger partial charge in [0.15, 0.2) is 17.4 Å². The van der Waals surface area contributed by atoms with Crippen LogP contribution >= 0.6 is 0 Å². The molecule has 0 amide bonds. The van der Waals surface area contributed by atoms with E-state index < -0.39 is 17.6 Å². The molecule has 0 saturated carbocycles. The molecule has 1 aliphatic heterocycles. The van der Waals surface area contributed by atoms with E-state index in [0.717, 1.165) is 30.7 Å². The van der Waals surface area contributed by atoms with Crippen LogP contribution in [0.15, 0.2) is 61.1 Å². The Labute approximate surface area is 269 Å². The number of halogens is 2. The third kappa shape index (κ3) is 7.07. The Balaban J connectivity index is 1.12. The number of benzene rings is 2. The molecule has 1 N–H and O–H groups in total. The van der Waals surface area contributed by atoms with Crippen molar-refractivity contribution in [2.24, 2.45) is 0 Å². The molecule has 0 atom stereocenters. The van der Waals surface area contributed by atoms with Crippen LogP contribution in [0.25, 0.3) is 11.0 Å². The van der Waals surface area contributed by atoms with Crippen LogP contribution in [0.5, 0.6) is 11.6 Å². The Kier molecular flexibility index (Phi) is 9.12. The van der Waals surface area contributed by atoms with Crippen molar-refractivity contribution in [3.05, 3.63) is 101 Å².